The van der Waals surface area contributed by atoms with Crippen LogP contribution in [0, 0.1) is 5.92 Å². The molecule has 0 saturated carbocycles. The number of amidine groups is 1. The second-order valence-corrected chi connectivity index (χ2v) is 6.65. The van der Waals surface area contributed by atoms with Crippen LogP contribution in [-0.4, -0.2) is 18.9 Å². The van der Waals surface area contributed by atoms with Crippen LogP contribution in [0.3, 0.4) is 0 Å². The largest absolute Gasteiger partial charge is 0.374 e. The van der Waals surface area contributed by atoms with Crippen LogP contribution in [-0.2, 0) is 0 Å². The van der Waals surface area contributed by atoms with Crippen molar-refractivity contribution < 1.29 is 0 Å². The standard InChI is InChI=1S/C19H38N2/c1-3-5-7-9-11-15-18(14-10-8-6-4-2)19-20-16-12-13-17-21-19/h18H,3-17H2,1-2H3,(H,20,21). The van der Waals surface area contributed by atoms with E-state index in [2.05, 4.69) is 19.2 Å². The Kier molecular flexibility index (Phi) is 11.6. The molecule has 0 amide bonds. The van der Waals surface area contributed by atoms with E-state index in [1.54, 1.807) is 0 Å². The topological polar surface area (TPSA) is 24.4 Å². The van der Waals surface area contributed by atoms with Crippen molar-refractivity contribution in [1.29, 1.82) is 0 Å². The molecule has 0 spiro atoms. The first-order chi connectivity index (χ1) is 10.4. The van der Waals surface area contributed by atoms with Gasteiger partial charge in [0.25, 0.3) is 0 Å². The molecule has 0 aliphatic carbocycles. The minimum absolute atomic E-state index is 0.710. The molecule has 2 nitrogen and oxygen atoms in total. The number of aliphatic imine (C=N–C) groups is 1. The summed E-state index contributed by atoms with van der Waals surface area (Å²) >= 11 is 0. The molecule has 0 radical (unpaired) electrons. The zero-order valence-corrected chi connectivity index (χ0v) is 14.6. The molecule has 0 saturated heterocycles. The molecule has 1 aliphatic heterocycles. The Bertz CT molecular complexity index is 260. The summed E-state index contributed by atoms with van der Waals surface area (Å²) in [6, 6.07) is 0. The lowest BCUT2D eigenvalue weighted by Crippen LogP contribution is -2.31. The van der Waals surface area contributed by atoms with Gasteiger partial charge in [-0.2, -0.15) is 0 Å². The highest BCUT2D eigenvalue weighted by Gasteiger charge is 2.16. The second kappa shape index (κ2) is 13.2. The molecule has 21 heavy (non-hydrogen) atoms. The van der Waals surface area contributed by atoms with Crippen molar-refractivity contribution in [2.24, 2.45) is 10.9 Å². The van der Waals surface area contributed by atoms with Gasteiger partial charge < -0.3 is 5.32 Å². The molecule has 1 aliphatic rings. The molecule has 1 atom stereocenters. The normalized spacial score (nSPS) is 17.0. The minimum atomic E-state index is 0.710. The Balaban J connectivity index is 2.34. The quantitative estimate of drug-likeness (QED) is 0.458. The molecule has 2 heteroatoms. The van der Waals surface area contributed by atoms with Crippen LogP contribution < -0.4 is 5.32 Å². The van der Waals surface area contributed by atoms with Crippen LogP contribution in [0.5, 0.6) is 0 Å². The Morgan fingerprint density at radius 3 is 2.14 bits per heavy atom. The van der Waals surface area contributed by atoms with Crippen molar-refractivity contribution in [3.8, 4) is 0 Å². The lowest BCUT2D eigenvalue weighted by Gasteiger charge is -2.20. The van der Waals surface area contributed by atoms with Crippen LogP contribution in [0.1, 0.15) is 97.3 Å². The number of hydrogen-bond donors (Lipinski definition) is 1. The Labute approximate surface area is 133 Å². The third kappa shape index (κ3) is 9.16. The van der Waals surface area contributed by atoms with Gasteiger partial charge in [-0.05, 0) is 25.7 Å². The molecule has 0 aromatic rings. The number of nitrogens with zero attached hydrogens (tertiary/aromatic N) is 1. The number of nitrogens with one attached hydrogen (secondary N) is 1. The van der Waals surface area contributed by atoms with E-state index >= 15 is 0 Å². The maximum absolute atomic E-state index is 4.84. The smallest absolute Gasteiger partial charge is 0.0994 e. The first-order valence-corrected chi connectivity index (χ1v) is 9.66. The fourth-order valence-electron chi connectivity index (χ4n) is 3.21. The highest BCUT2D eigenvalue weighted by molar-refractivity contribution is 5.84. The summed E-state index contributed by atoms with van der Waals surface area (Å²) in [5.41, 5.74) is 0. The van der Waals surface area contributed by atoms with Gasteiger partial charge in [0.2, 0.25) is 0 Å². The van der Waals surface area contributed by atoms with E-state index in [0.717, 1.165) is 13.1 Å². The molecule has 1 unspecified atom stereocenters. The molecule has 1 N–H and O–H groups in total. The summed E-state index contributed by atoms with van der Waals surface area (Å²) in [6.45, 7) is 6.77. The third-order valence-corrected chi connectivity index (χ3v) is 4.62. The van der Waals surface area contributed by atoms with Crippen LogP contribution in [0.15, 0.2) is 4.99 Å². The predicted octanol–water partition coefficient (Wildman–Crippen LogP) is 5.72. The number of hydrogen-bond acceptors (Lipinski definition) is 2. The Hall–Kier alpha value is -0.530. The van der Waals surface area contributed by atoms with Gasteiger partial charge in [0.15, 0.2) is 0 Å². The number of unbranched alkanes of at least 4 members (excludes halogenated alkanes) is 7. The maximum atomic E-state index is 4.84. The van der Waals surface area contributed by atoms with Crippen molar-refractivity contribution >= 4 is 5.84 Å². The summed E-state index contributed by atoms with van der Waals surface area (Å²) < 4.78 is 0. The molecule has 1 heterocycles. The van der Waals surface area contributed by atoms with Crippen LogP contribution in [0.25, 0.3) is 0 Å². The van der Waals surface area contributed by atoms with Gasteiger partial charge in [0, 0.05) is 19.0 Å². The van der Waals surface area contributed by atoms with E-state index in [1.165, 1.54) is 89.3 Å². The Morgan fingerprint density at radius 1 is 0.857 bits per heavy atom. The van der Waals surface area contributed by atoms with E-state index in [-0.39, 0.29) is 0 Å². The van der Waals surface area contributed by atoms with Gasteiger partial charge in [-0.25, -0.2) is 0 Å². The van der Waals surface area contributed by atoms with Crippen LogP contribution in [0.2, 0.25) is 0 Å². The molecule has 0 aromatic heterocycles. The highest BCUT2D eigenvalue weighted by Crippen LogP contribution is 2.20. The summed E-state index contributed by atoms with van der Waals surface area (Å²) in [5, 5.41) is 3.62. The van der Waals surface area contributed by atoms with Crippen molar-refractivity contribution in [3.05, 3.63) is 0 Å². The zero-order valence-electron chi connectivity index (χ0n) is 14.6. The summed E-state index contributed by atoms with van der Waals surface area (Å²) in [7, 11) is 0. The minimum Gasteiger partial charge on any atom is -0.374 e. The Morgan fingerprint density at radius 2 is 1.48 bits per heavy atom. The van der Waals surface area contributed by atoms with Crippen molar-refractivity contribution in [3.63, 3.8) is 0 Å². The summed E-state index contributed by atoms with van der Waals surface area (Å²) in [5.74, 6) is 2.06. The van der Waals surface area contributed by atoms with Gasteiger partial charge in [0.05, 0.1) is 5.84 Å². The van der Waals surface area contributed by atoms with Crippen molar-refractivity contribution in [2.45, 2.75) is 97.3 Å². The fourth-order valence-corrected chi connectivity index (χ4v) is 3.21. The average Bonchev–Trinajstić information content (AvgIpc) is 2.78. The molecule has 0 fully saturated rings. The zero-order chi connectivity index (χ0) is 15.2. The fraction of sp³-hybridized carbons (Fsp3) is 0.947. The lowest BCUT2D eigenvalue weighted by atomic mass is 9.93. The van der Waals surface area contributed by atoms with Crippen LogP contribution >= 0.6 is 0 Å². The monoisotopic (exact) mass is 294 g/mol. The molecular formula is C19H38N2. The molecule has 1 rings (SSSR count). The van der Waals surface area contributed by atoms with E-state index in [1.807, 2.05) is 0 Å². The molecule has 0 bridgehead atoms. The maximum Gasteiger partial charge on any atom is 0.0994 e. The van der Waals surface area contributed by atoms with Gasteiger partial charge in [-0.15, -0.1) is 0 Å². The van der Waals surface area contributed by atoms with Crippen LogP contribution in [0.4, 0.5) is 0 Å². The molecule has 124 valence electrons. The van der Waals surface area contributed by atoms with Gasteiger partial charge in [-0.1, -0.05) is 71.6 Å². The third-order valence-electron chi connectivity index (χ3n) is 4.62. The van der Waals surface area contributed by atoms with Crippen molar-refractivity contribution in [2.75, 3.05) is 13.1 Å². The second-order valence-electron chi connectivity index (χ2n) is 6.65. The number of rotatable bonds is 12. The van der Waals surface area contributed by atoms with Gasteiger partial charge in [0.1, 0.15) is 0 Å². The first-order valence-electron chi connectivity index (χ1n) is 9.66. The first kappa shape index (κ1) is 18.5. The summed E-state index contributed by atoms with van der Waals surface area (Å²) in [4.78, 5) is 4.84. The van der Waals surface area contributed by atoms with Gasteiger partial charge in [-0.3, -0.25) is 4.99 Å². The van der Waals surface area contributed by atoms with Crippen molar-refractivity contribution in [1.82, 2.24) is 5.32 Å². The van der Waals surface area contributed by atoms with E-state index in [0.29, 0.717) is 5.92 Å². The SMILES string of the molecule is CCCCCCCC(CCCCCC)C1=NCCCCN1. The van der Waals surface area contributed by atoms with E-state index in [9.17, 15) is 0 Å². The van der Waals surface area contributed by atoms with Gasteiger partial charge >= 0.3 is 0 Å². The van der Waals surface area contributed by atoms with E-state index < -0.39 is 0 Å². The molecule has 0 aromatic carbocycles. The average molecular weight is 295 g/mol. The van der Waals surface area contributed by atoms with E-state index in [4.69, 9.17) is 4.99 Å². The summed E-state index contributed by atoms with van der Waals surface area (Å²) in [6.07, 6.45) is 17.7. The lowest BCUT2D eigenvalue weighted by molar-refractivity contribution is 0.482. The molecular weight excluding hydrogens is 256 g/mol. The predicted molar refractivity (Wildman–Crippen MR) is 95.2 cm³/mol. The highest BCUT2D eigenvalue weighted by atomic mass is 15.0.